The Balaban J connectivity index is 1.83. The molecule has 7 nitrogen and oxygen atoms in total. The van der Waals surface area contributed by atoms with Crippen molar-refractivity contribution in [2.45, 2.75) is 36.9 Å². The average molecular weight is 431 g/mol. The predicted molar refractivity (Wildman–Crippen MR) is 113 cm³/mol. The quantitative estimate of drug-likeness (QED) is 0.417. The minimum absolute atomic E-state index is 0.179. The fourth-order valence-corrected chi connectivity index (χ4v) is 3.96. The minimum atomic E-state index is -0.733. The Morgan fingerprint density at radius 3 is 2.80 bits per heavy atom. The number of likely N-dealkylation sites (N-methyl/N-ethyl adjacent to an activating group) is 1. The minimum Gasteiger partial charge on any atom is -0.381 e. The molecule has 30 heavy (non-hydrogen) atoms. The van der Waals surface area contributed by atoms with Gasteiger partial charge >= 0.3 is 0 Å². The van der Waals surface area contributed by atoms with E-state index in [0.717, 1.165) is 23.8 Å². The number of hydrogen-bond donors (Lipinski definition) is 3. The Morgan fingerprint density at radius 2 is 2.10 bits per heavy atom. The van der Waals surface area contributed by atoms with Gasteiger partial charge in [0.15, 0.2) is 0 Å². The van der Waals surface area contributed by atoms with E-state index in [1.165, 1.54) is 11.9 Å². The summed E-state index contributed by atoms with van der Waals surface area (Å²) in [6.45, 7) is 0.449. The summed E-state index contributed by atoms with van der Waals surface area (Å²) in [6.07, 6.45) is 1.16. The largest absolute Gasteiger partial charge is 0.381 e. The number of benzene rings is 2. The zero-order valence-electron chi connectivity index (χ0n) is 16.5. The molecule has 1 aliphatic rings. The van der Waals surface area contributed by atoms with E-state index in [0.29, 0.717) is 21.7 Å². The monoisotopic (exact) mass is 430 g/mol. The summed E-state index contributed by atoms with van der Waals surface area (Å²) in [5, 5.41) is 11.2. The van der Waals surface area contributed by atoms with Crippen LogP contribution in [0.2, 0.25) is 0 Å². The van der Waals surface area contributed by atoms with Crippen molar-refractivity contribution in [1.29, 1.82) is 0 Å². The van der Waals surface area contributed by atoms with Gasteiger partial charge in [-0.25, -0.2) is 4.39 Å². The lowest BCUT2D eigenvalue weighted by atomic mass is 10.1. The molecule has 0 saturated carbocycles. The molecule has 0 radical (unpaired) electrons. The van der Waals surface area contributed by atoms with Crippen molar-refractivity contribution < 1.29 is 18.8 Å². The summed E-state index contributed by atoms with van der Waals surface area (Å²) in [5.41, 5.74) is 2.39. The number of nitrogens with one attached hydrogen (secondary N) is 2. The van der Waals surface area contributed by atoms with E-state index >= 15 is 0 Å². The van der Waals surface area contributed by atoms with Crippen LogP contribution in [-0.4, -0.2) is 36.1 Å². The molecule has 3 rings (SSSR count). The highest BCUT2D eigenvalue weighted by Crippen LogP contribution is 2.32. The molecule has 0 bridgehead atoms. The Bertz CT molecular complexity index is 969. The second-order valence-corrected chi connectivity index (χ2v) is 7.51. The van der Waals surface area contributed by atoms with E-state index in [9.17, 15) is 18.8 Å². The first kappa shape index (κ1) is 21.8. The number of nitrogens with two attached hydrogens (primary N) is 1. The second kappa shape index (κ2) is 9.73. The van der Waals surface area contributed by atoms with Crippen LogP contribution in [0, 0.1) is 5.82 Å². The highest BCUT2D eigenvalue weighted by molar-refractivity contribution is 7.97. The highest BCUT2D eigenvalue weighted by Gasteiger charge is 2.36. The number of carbonyl (C=O) groups is 3. The Hall–Kier alpha value is -2.91. The van der Waals surface area contributed by atoms with Crippen molar-refractivity contribution in [2.24, 2.45) is 5.14 Å². The van der Waals surface area contributed by atoms with Crippen LogP contribution in [0.15, 0.2) is 41.3 Å². The third-order valence-corrected chi connectivity index (χ3v) is 5.69. The fourth-order valence-electron chi connectivity index (χ4n) is 3.57. The first-order chi connectivity index (χ1) is 14.5. The van der Waals surface area contributed by atoms with Gasteiger partial charge in [-0.1, -0.05) is 18.2 Å². The van der Waals surface area contributed by atoms with E-state index in [1.807, 2.05) is 6.07 Å². The Kier molecular flexibility index (Phi) is 7.07. The number of fused-ring (bicyclic) bond motifs is 1. The molecule has 1 heterocycles. The van der Waals surface area contributed by atoms with Crippen LogP contribution < -0.4 is 15.8 Å². The molecule has 158 valence electrons. The standard InChI is InChI=1S/C21H23FN4O3S/c1-24-20(28)17(8-4-10-27)26-12-15-14(21(26)29)6-3-7-16(15)25-11-13-5-2-9-18(30-23)19(13)22/h2-3,5-7,9-10,17,25H,4,8,11-12,23H2,1H3,(H,24,28). The molecular formula is C21H23FN4O3S. The van der Waals surface area contributed by atoms with Crippen molar-refractivity contribution >= 4 is 35.7 Å². The third-order valence-electron chi connectivity index (χ3n) is 5.12. The molecule has 2 amide bonds. The van der Waals surface area contributed by atoms with Gasteiger partial charge in [0.05, 0.1) is 4.90 Å². The van der Waals surface area contributed by atoms with Gasteiger partial charge in [0, 0.05) is 48.9 Å². The van der Waals surface area contributed by atoms with E-state index < -0.39 is 6.04 Å². The number of amides is 2. The third kappa shape index (κ3) is 4.31. The molecule has 0 aromatic heterocycles. The molecule has 0 saturated heterocycles. The first-order valence-corrected chi connectivity index (χ1v) is 10.4. The molecule has 0 spiro atoms. The van der Waals surface area contributed by atoms with Crippen LogP contribution in [0.4, 0.5) is 10.1 Å². The highest BCUT2D eigenvalue weighted by atomic mass is 32.2. The number of aldehydes is 1. The average Bonchev–Trinajstić information content (AvgIpc) is 3.10. The van der Waals surface area contributed by atoms with E-state index in [4.69, 9.17) is 5.14 Å². The van der Waals surface area contributed by atoms with Crippen LogP contribution in [0.1, 0.15) is 34.3 Å². The SMILES string of the molecule is CNC(=O)C(CCC=O)N1Cc2c(NCc3cccc(SN)c3F)cccc2C1=O. The number of carbonyl (C=O) groups excluding carboxylic acids is 3. The summed E-state index contributed by atoms with van der Waals surface area (Å²) >= 11 is 0.850. The van der Waals surface area contributed by atoms with Crippen molar-refractivity contribution in [3.8, 4) is 0 Å². The lowest BCUT2D eigenvalue weighted by molar-refractivity contribution is -0.125. The molecule has 9 heteroatoms. The van der Waals surface area contributed by atoms with E-state index in [-0.39, 0.29) is 43.6 Å². The summed E-state index contributed by atoms with van der Waals surface area (Å²) < 4.78 is 14.4. The van der Waals surface area contributed by atoms with Crippen LogP contribution in [0.25, 0.3) is 0 Å². The molecule has 4 N–H and O–H groups in total. The lowest BCUT2D eigenvalue weighted by Gasteiger charge is -2.25. The van der Waals surface area contributed by atoms with Gasteiger partial charge in [-0.2, -0.15) is 0 Å². The van der Waals surface area contributed by atoms with Crippen molar-refractivity contribution in [3.05, 3.63) is 58.9 Å². The first-order valence-electron chi connectivity index (χ1n) is 9.47. The number of nitrogens with zero attached hydrogens (tertiary/aromatic N) is 1. The Morgan fingerprint density at radius 1 is 1.33 bits per heavy atom. The summed E-state index contributed by atoms with van der Waals surface area (Å²) in [6, 6.07) is 9.54. The van der Waals surface area contributed by atoms with Gasteiger partial charge < -0.3 is 20.3 Å². The fraction of sp³-hybridized carbons (Fsp3) is 0.286. The predicted octanol–water partition coefficient (Wildman–Crippen LogP) is 2.45. The molecule has 2 aromatic carbocycles. The summed E-state index contributed by atoms with van der Waals surface area (Å²) in [7, 11) is 1.50. The van der Waals surface area contributed by atoms with Gasteiger partial charge in [-0.05, 0) is 36.6 Å². The number of hydrogen-bond acceptors (Lipinski definition) is 6. The molecule has 2 aromatic rings. The van der Waals surface area contributed by atoms with Crippen LogP contribution in [0.3, 0.4) is 0 Å². The van der Waals surface area contributed by atoms with Gasteiger partial charge in [-0.15, -0.1) is 0 Å². The van der Waals surface area contributed by atoms with Crippen LogP contribution >= 0.6 is 11.9 Å². The normalized spacial score (nSPS) is 13.7. The van der Waals surface area contributed by atoms with Gasteiger partial charge in [0.2, 0.25) is 5.91 Å². The molecule has 1 unspecified atom stereocenters. The zero-order chi connectivity index (χ0) is 21.7. The summed E-state index contributed by atoms with van der Waals surface area (Å²) in [5.74, 6) is -0.956. The van der Waals surface area contributed by atoms with Crippen molar-refractivity contribution in [1.82, 2.24) is 10.2 Å². The maximum Gasteiger partial charge on any atom is 0.255 e. The van der Waals surface area contributed by atoms with Crippen molar-refractivity contribution in [3.63, 3.8) is 0 Å². The maximum absolute atomic E-state index is 14.4. The van der Waals surface area contributed by atoms with Crippen LogP contribution in [-0.2, 0) is 22.7 Å². The topological polar surface area (TPSA) is 105 Å². The zero-order valence-corrected chi connectivity index (χ0v) is 17.3. The Labute approximate surface area is 178 Å². The van der Waals surface area contributed by atoms with Crippen LogP contribution in [0.5, 0.6) is 0 Å². The molecule has 0 fully saturated rings. The molecule has 1 atom stereocenters. The molecule has 0 aliphatic carbocycles. The number of halogens is 1. The molecule has 1 aliphatic heterocycles. The number of anilines is 1. The van der Waals surface area contributed by atoms with Gasteiger partial charge in [-0.3, -0.25) is 14.7 Å². The van der Waals surface area contributed by atoms with E-state index in [2.05, 4.69) is 10.6 Å². The smallest absolute Gasteiger partial charge is 0.255 e. The van der Waals surface area contributed by atoms with Gasteiger partial charge in [0.1, 0.15) is 18.1 Å². The lowest BCUT2D eigenvalue weighted by Crippen LogP contribution is -2.46. The molecular weight excluding hydrogens is 407 g/mol. The van der Waals surface area contributed by atoms with Crippen molar-refractivity contribution in [2.75, 3.05) is 12.4 Å². The van der Waals surface area contributed by atoms with Gasteiger partial charge in [0.25, 0.3) is 5.91 Å². The van der Waals surface area contributed by atoms with E-state index in [1.54, 1.807) is 30.3 Å². The maximum atomic E-state index is 14.4. The second-order valence-electron chi connectivity index (χ2n) is 6.84. The summed E-state index contributed by atoms with van der Waals surface area (Å²) in [4.78, 5) is 37.9. The number of rotatable bonds is 9.